The molecule has 0 saturated heterocycles. The number of benzene rings is 1. The zero-order chi connectivity index (χ0) is 17.6. The average molecular weight is 336 g/mol. The summed E-state index contributed by atoms with van der Waals surface area (Å²) >= 11 is 0. The Bertz CT molecular complexity index is 766. The van der Waals surface area contributed by atoms with Crippen LogP contribution in [0.5, 0.6) is 11.6 Å². The van der Waals surface area contributed by atoms with Crippen LogP contribution in [0.1, 0.15) is 36.0 Å². The van der Waals surface area contributed by atoms with Gasteiger partial charge >= 0.3 is 0 Å². The number of amides is 1. The lowest BCUT2D eigenvalue weighted by atomic mass is 10.1. The predicted molar refractivity (Wildman–Crippen MR) is 98.6 cm³/mol. The molecule has 1 unspecified atom stereocenters. The van der Waals surface area contributed by atoms with E-state index < -0.39 is 0 Å². The quantitative estimate of drug-likeness (QED) is 0.792. The smallest absolute Gasteiger partial charge is 0.220 e. The summed E-state index contributed by atoms with van der Waals surface area (Å²) in [7, 11) is 0. The van der Waals surface area contributed by atoms with Gasteiger partial charge in [-0.2, -0.15) is 0 Å². The van der Waals surface area contributed by atoms with Gasteiger partial charge in [-0.15, -0.1) is 0 Å². The highest BCUT2D eigenvalue weighted by atomic mass is 16.5. The molecule has 1 N–H and O–H groups in total. The molecule has 0 saturated carbocycles. The van der Waals surface area contributed by atoms with E-state index in [1.54, 1.807) is 6.20 Å². The highest BCUT2D eigenvalue weighted by Gasteiger charge is 2.13. The highest BCUT2D eigenvalue weighted by Crippen LogP contribution is 2.24. The number of carbonyl (C=O) groups is 1. The Morgan fingerprint density at radius 2 is 2.16 bits per heavy atom. The standard InChI is InChI=1S/C21H24N2O2/c1-15-7-8-16(2)19(11-15)25-21-10-9-18(14-23-21)13-22-20(24)12-17-5-3-4-6-17/h3,5,7-11,14,17H,4,6,12-13H2,1-2H3,(H,22,24). The lowest BCUT2D eigenvalue weighted by Crippen LogP contribution is -2.24. The number of aromatic nitrogens is 1. The van der Waals surface area contributed by atoms with Gasteiger partial charge in [-0.05, 0) is 55.4 Å². The molecule has 1 aromatic carbocycles. The van der Waals surface area contributed by atoms with Crippen molar-refractivity contribution in [3.8, 4) is 11.6 Å². The van der Waals surface area contributed by atoms with E-state index in [0.29, 0.717) is 24.8 Å². The number of allylic oxidation sites excluding steroid dienone is 2. The van der Waals surface area contributed by atoms with Crippen LogP contribution >= 0.6 is 0 Å². The number of hydrogen-bond acceptors (Lipinski definition) is 3. The molecule has 0 spiro atoms. The number of rotatable bonds is 6. The number of pyridine rings is 1. The summed E-state index contributed by atoms with van der Waals surface area (Å²) in [5.41, 5.74) is 3.19. The van der Waals surface area contributed by atoms with Gasteiger partial charge in [-0.3, -0.25) is 4.79 Å². The molecular weight excluding hydrogens is 312 g/mol. The number of nitrogens with zero attached hydrogens (tertiary/aromatic N) is 1. The van der Waals surface area contributed by atoms with E-state index >= 15 is 0 Å². The maximum Gasteiger partial charge on any atom is 0.220 e. The van der Waals surface area contributed by atoms with Gasteiger partial charge in [0.05, 0.1) is 0 Å². The Balaban J connectivity index is 1.52. The first-order valence-electron chi connectivity index (χ1n) is 8.73. The molecule has 0 fully saturated rings. The molecule has 3 rings (SSSR count). The maximum atomic E-state index is 12.0. The summed E-state index contributed by atoms with van der Waals surface area (Å²) in [6.45, 7) is 4.54. The molecule has 1 heterocycles. The van der Waals surface area contributed by atoms with Crippen LogP contribution < -0.4 is 10.1 Å². The van der Waals surface area contributed by atoms with E-state index in [2.05, 4.69) is 28.5 Å². The van der Waals surface area contributed by atoms with Gasteiger partial charge in [0.1, 0.15) is 5.75 Å². The second-order valence-electron chi connectivity index (χ2n) is 6.62. The van der Waals surface area contributed by atoms with Crippen molar-refractivity contribution < 1.29 is 9.53 Å². The fourth-order valence-electron chi connectivity index (χ4n) is 2.88. The van der Waals surface area contributed by atoms with Crippen LogP contribution in [0.2, 0.25) is 0 Å². The highest BCUT2D eigenvalue weighted by molar-refractivity contribution is 5.76. The number of nitrogens with one attached hydrogen (secondary N) is 1. The fourth-order valence-corrected chi connectivity index (χ4v) is 2.88. The second kappa shape index (κ2) is 7.97. The van der Waals surface area contributed by atoms with E-state index in [1.165, 1.54) is 0 Å². The SMILES string of the molecule is Cc1ccc(C)c(Oc2ccc(CNC(=O)CC3C=CCC3)cn2)c1. The lowest BCUT2D eigenvalue weighted by molar-refractivity contribution is -0.121. The molecule has 0 bridgehead atoms. The zero-order valence-corrected chi connectivity index (χ0v) is 14.8. The van der Waals surface area contributed by atoms with E-state index in [0.717, 1.165) is 35.3 Å². The maximum absolute atomic E-state index is 12.0. The first kappa shape index (κ1) is 17.2. The van der Waals surface area contributed by atoms with Crippen molar-refractivity contribution in [2.75, 3.05) is 0 Å². The molecule has 2 aromatic rings. The van der Waals surface area contributed by atoms with Crippen LogP contribution in [0.4, 0.5) is 0 Å². The molecule has 1 amide bonds. The lowest BCUT2D eigenvalue weighted by Gasteiger charge is -2.10. The minimum atomic E-state index is 0.0901. The second-order valence-corrected chi connectivity index (χ2v) is 6.62. The molecule has 0 aliphatic heterocycles. The Hall–Kier alpha value is -2.62. The summed E-state index contributed by atoms with van der Waals surface area (Å²) in [6, 6.07) is 9.87. The molecule has 4 nitrogen and oxygen atoms in total. The van der Waals surface area contributed by atoms with Gasteiger partial charge in [0, 0.05) is 25.2 Å². The molecule has 1 aliphatic rings. The van der Waals surface area contributed by atoms with Crippen LogP contribution in [-0.4, -0.2) is 10.9 Å². The predicted octanol–water partition coefficient (Wildman–Crippen LogP) is 4.46. The van der Waals surface area contributed by atoms with Crippen molar-refractivity contribution in [2.45, 2.75) is 39.7 Å². The third-order valence-electron chi connectivity index (χ3n) is 4.41. The molecule has 130 valence electrons. The Labute approximate surface area is 148 Å². The van der Waals surface area contributed by atoms with E-state index in [4.69, 9.17) is 4.74 Å². The van der Waals surface area contributed by atoms with E-state index in [1.807, 2.05) is 38.1 Å². The minimum absolute atomic E-state index is 0.0901. The van der Waals surface area contributed by atoms with Crippen molar-refractivity contribution in [2.24, 2.45) is 5.92 Å². The number of hydrogen-bond donors (Lipinski definition) is 1. The topological polar surface area (TPSA) is 51.2 Å². The van der Waals surface area contributed by atoms with Crippen LogP contribution in [0.3, 0.4) is 0 Å². The van der Waals surface area contributed by atoms with Gasteiger partial charge in [-0.25, -0.2) is 4.98 Å². The summed E-state index contributed by atoms with van der Waals surface area (Å²) in [5, 5.41) is 2.96. The van der Waals surface area contributed by atoms with Gasteiger partial charge in [0.2, 0.25) is 11.8 Å². The van der Waals surface area contributed by atoms with Crippen LogP contribution in [0.25, 0.3) is 0 Å². The third kappa shape index (κ3) is 4.92. The van der Waals surface area contributed by atoms with Crippen molar-refractivity contribution in [1.29, 1.82) is 0 Å². The molecular formula is C21H24N2O2. The zero-order valence-electron chi connectivity index (χ0n) is 14.8. The summed E-state index contributed by atoms with van der Waals surface area (Å²) in [5.74, 6) is 1.86. The molecule has 1 aliphatic carbocycles. The number of carbonyl (C=O) groups excluding carboxylic acids is 1. The fraction of sp³-hybridized carbons (Fsp3) is 0.333. The van der Waals surface area contributed by atoms with Crippen LogP contribution in [0, 0.1) is 19.8 Å². The van der Waals surface area contributed by atoms with Crippen LogP contribution in [0.15, 0.2) is 48.7 Å². The van der Waals surface area contributed by atoms with Gasteiger partial charge in [-0.1, -0.05) is 30.4 Å². The number of ether oxygens (including phenoxy) is 1. The summed E-state index contributed by atoms with van der Waals surface area (Å²) < 4.78 is 5.85. The van der Waals surface area contributed by atoms with Crippen molar-refractivity contribution in [1.82, 2.24) is 10.3 Å². The summed E-state index contributed by atoms with van der Waals surface area (Å²) in [4.78, 5) is 16.3. The molecule has 1 atom stereocenters. The van der Waals surface area contributed by atoms with Crippen molar-refractivity contribution in [3.05, 3.63) is 65.4 Å². The van der Waals surface area contributed by atoms with Gasteiger partial charge in [0.15, 0.2) is 0 Å². The molecule has 25 heavy (non-hydrogen) atoms. The van der Waals surface area contributed by atoms with Crippen molar-refractivity contribution in [3.63, 3.8) is 0 Å². The van der Waals surface area contributed by atoms with Crippen molar-refractivity contribution >= 4 is 5.91 Å². The van der Waals surface area contributed by atoms with Crippen LogP contribution in [-0.2, 0) is 11.3 Å². The Kier molecular flexibility index (Phi) is 5.49. The average Bonchev–Trinajstić information content (AvgIpc) is 3.10. The first-order valence-corrected chi connectivity index (χ1v) is 8.73. The Morgan fingerprint density at radius 3 is 2.88 bits per heavy atom. The van der Waals surface area contributed by atoms with E-state index in [9.17, 15) is 4.79 Å². The van der Waals surface area contributed by atoms with E-state index in [-0.39, 0.29) is 5.91 Å². The minimum Gasteiger partial charge on any atom is -0.439 e. The normalized spacial score (nSPS) is 16.0. The Morgan fingerprint density at radius 1 is 1.28 bits per heavy atom. The summed E-state index contributed by atoms with van der Waals surface area (Å²) in [6.07, 6.45) is 8.77. The largest absolute Gasteiger partial charge is 0.439 e. The van der Waals surface area contributed by atoms with Gasteiger partial charge < -0.3 is 10.1 Å². The molecule has 1 aromatic heterocycles. The molecule has 0 radical (unpaired) electrons. The number of aryl methyl sites for hydroxylation is 2. The third-order valence-corrected chi connectivity index (χ3v) is 4.41. The monoisotopic (exact) mass is 336 g/mol. The van der Waals surface area contributed by atoms with Gasteiger partial charge in [0.25, 0.3) is 0 Å². The first-order chi connectivity index (χ1) is 12.1. The molecule has 4 heteroatoms.